The van der Waals surface area contributed by atoms with Crippen molar-refractivity contribution in [2.24, 2.45) is 0 Å². The van der Waals surface area contributed by atoms with Gasteiger partial charge in [0.25, 0.3) is 0 Å². The molecule has 0 spiro atoms. The van der Waals surface area contributed by atoms with Crippen LogP contribution in [-0.2, 0) is 4.79 Å². The maximum Gasteiger partial charge on any atom is 0.225 e. The number of fused-ring (bicyclic) bond motifs is 3. The standard InChI is InChI=1S/C20H15Br2NO2/c1-25-18-7-6-11(21)8-15(18)14-10-19(24)23-20-13-5-3-2-4-12(13)17(22)9-16(14)20/h2-9,14H,10H2,1H3,(H,23,24)/t14-/m1/s1. The minimum atomic E-state index is -0.0582. The first-order valence-corrected chi connectivity index (χ1v) is 9.51. The number of hydrogen-bond acceptors (Lipinski definition) is 2. The van der Waals surface area contributed by atoms with Crippen LogP contribution >= 0.6 is 31.9 Å². The second-order valence-corrected chi connectivity index (χ2v) is 7.83. The molecule has 0 aromatic heterocycles. The van der Waals surface area contributed by atoms with Gasteiger partial charge in [0.05, 0.1) is 12.8 Å². The molecule has 0 radical (unpaired) electrons. The Labute approximate surface area is 162 Å². The molecule has 3 aromatic rings. The van der Waals surface area contributed by atoms with Crippen LogP contribution in [0, 0.1) is 0 Å². The number of carbonyl (C=O) groups is 1. The van der Waals surface area contributed by atoms with E-state index in [1.54, 1.807) is 7.11 Å². The van der Waals surface area contributed by atoms with Gasteiger partial charge in [-0.15, -0.1) is 0 Å². The van der Waals surface area contributed by atoms with Crippen molar-refractivity contribution in [2.45, 2.75) is 12.3 Å². The average Bonchev–Trinajstić information content (AvgIpc) is 2.62. The molecule has 0 aliphatic carbocycles. The highest BCUT2D eigenvalue weighted by molar-refractivity contribution is 9.11. The second kappa shape index (κ2) is 6.46. The number of ether oxygens (including phenoxy) is 1. The van der Waals surface area contributed by atoms with E-state index in [2.05, 4.69) is 49.3 Å². The Kier molecular flexibility index (Phi) is 4.29. The summed E-state index contributed by atoms with van der Waals surface area (Å²) in [4.78, 5) is 12.4. The maximum absolute atomic E-state index is 12.4. The summed E-state index contributed by atoms with van der Waals surface area (Å²) < 4.78 is 7.55. The first-order chi connectivity index (χ1) is 12.1. The molecule has 1 amide bonds. The molecule has 5 heteroatoms. The molecule has 0 unspecified atom stereocenters. The third-order valence-corrected chi connectivity index (χ3v) is 5.77. The van der Waals surface area contributed by atoms with Crippen LogP contribution in [0.15, 0.2) is 57.5 Å². The zero-order valence-corrected chi connectivity index (χ0v) is 16.6. The van der Waals surface area contributed by atoms with Gasteiger partial charge in [0.2, 0.25) is 5.91 Å². The van der Waals surface area contributed by atoms with Crippen LogP contribution in [0.4, 0.5) is 5.69 Å². The Bertz CT molecular complexity index is 1000. The summed E-state index contributed by atoms with van der Waals surface area (Å²) in [7, 11) is 1.66. The van der Waals surface area contributed by atoms with E-state index in [4.69, 9.17) is 4.74 Å². The predicted octanol–water partition coefficient (Wildman–Crippen LogP) is 5.85. The van der Waals surface area contributed by atoms with Gasteiger partial charge >= 0.3 is 0 Å². The quantitative estimate of drug-likeness (QED) is 0.521. The van der Waals surface area contributed by atoms with Gasteiger partial charge < -0.3 is 10.1 Å². The molecule has 3 aromatic carbocycles. The van der Waals surface area contributed by atoms with Crippen molar-refractivity contribution in [3.05, 3.63) is 68.6 Å². The Morgan fingerprint density at radius 3 is 2.56 bits per heavy atom. The Balaban J connectivity index is 2.00. The molecule has 0 bridgehead atoms. The van der Waals surface area contributed by atoms with Crippen LogP contribution in [-0.4, -0.2) is 13.0 Å². The second-order valence-electron chi connectivity index (χ2n) is 6.06. The minimum absolute atomic E-state index is 0.0204. The van der Waals surface area contributed by atoms with E-state index in [-0.39, 0.29) is 11.8 Å². The Morgan fingerprint density at radius 2 is 1.80 bits per heavy atom. The van der Waals surface area contributed by atoms with Crippen molar-refractivity contribution in [3.63, 3.8) is 0 Å². The van der Waals surface area contributed by atoms with Gasteiger partial charge in [-0.2, -0.15) is 0 Å². The molecule has 126 valence electrons. The number of halogens is 2. The lowest BCUT2D eigenvalue weighted by Gasteiger charge is -2.29. The summed E-state index contributed by atoms with van der Waals surface area (Å²) in [6.07, 6.45) is 0.393. The van der Waals surface area contributed by atoms with Gasteiger partial charge in [0, 0.05) is 32.2 Å². The first kappa shape index (κ1) is 16.6. The molecule has 1 N–H and O–H groups in total. The lowest BCUT2D eigenvalue weighted by molar-refractivity contribution is -0.116. The number of hydrogen-bond donors (Lipinski definition) is 1. The number of amides is 1. The number of anilines is 1. The molecule has 1 aliphatic heterocycles. The third-order valence-electron chi connectivity index (χ3n) is 4.62. The molecule has 1 atom stereocenters. The van der Waals surface area contributed by atoms with E-state index < -0.39 is 0 Å². The smallest absolute Gasteiger partial charge is 0.225 e. The van der Waals surface area contributed by atoms with Crippen molar-refractivity contribution in [1.29, 1.82) is 0 Å². The van der Waals surface area contributed by atoms with Gasteiger partial charge in [0.15, 0.2) is 0 Å². The summed E-state index contributed by atoms with van der Waals surface area (Å²) in [5, 5.41) is 5.20. The fraction of sp³-hybridized carbons (Fsp3) is 0.150. The topological polar surface area (TPSA) is 38.3 Å². The summed E-state index contributed by atoms with van der Waals surface area (Å²) in [5.41, 5.74) is 3.00. The highest BCUT2D eigenvalue weighted by atomic mass is 79.9. The van der Waals surface area contributed by atoms with Crippen molar-refractivity contribution in [1.82, 2.24) is 0 Å². The maximum atomic E-state index is 12.4. The van der Waals surface area contributed by atoms with Crippen LogP contribution in [0.1, 0.15) is 23.5 Å². The highest BCUT2D eigenvalue weighted by Gasteiger charge is 2.30. The predicted molar refractivity (Wildman–Crippen MR) is 107 cm³/mol. The summed E-state index contributed by atoms with van der Waals surface area (Å²) in [6, 6.07) is 16.1. The van der Waals surface area contributed by atoms with Gasteiger partial charge in [-0.3, -0.25) is 4.79 Å². The van der Waals surface area contributed by atoms with E-state index in [1.807, 2.05) is 36.4 Å². The summed E-state index contributed by atoms with van der Waals surface area (Å²) in [5.74, 6) is 0.752. The van der Waals surface area contributed by atoms with E-state index in [0.717, 1.165) is 42.3 Å². The number of rotatable bonds is 2. The van der Waals surface area contributed by atoms with Gasteiger partial charge in [0.1, 0.15) is 5.75 Å². The van der Waals surface area contributed by atoms with Crippen LogP contribution in [0.25, 0.3) is 10.8 Å². The van der Waals surface area contributed by atoms with Crippen molar-refractivity contribution < 1.29 is 9.53 Å². The number of methoxy groups -OCH3 is 1. The summed E-state index contributed by atoms with van der Waals surface area (Å²) >= 11 is 7.22. The van der Waals surface area contributed by atoms with E-state index in [1.165, 1.54) is 0 Å². The minimum Gasteiger partial charge on any atom is -0.496 e. The fourth-order valence-corrected chi connectivity index (χ4v) is 4.48. The zero-order chi connectivity index (χ0) is 17.6. The molecule has 3 nitrogen and oxygen atoms in total. The molecular formula is C20H15Br2NO2. The Hall–Kier alpha value is -1.85. The van der Waals surface area contributed by atoms with Crippen LogP contribution in [0.5, 0.6) is 5.75 Å². The number of benzene rings is 3. The fourth-order valence-electron chi connectivity index (χ4n) is 3.51. The molecule has 1 aliphatic rings. The van der Waals surface area contributed by atoms with Gasteiger partial charge in [-0.05, 0) is 35.2 Å². The lowest BCUT2D eigenvalue weighted by Crippen LogP contribution is -2.24. The summed E-state index contributed by atoms with van der Waals surface area (Å²) in [6.45, 7) is 0. The molecule has 0 saturated carbocycles. The molecule has 4 rings (SSSR count). The van der Waals surface area contributed by atoms with Gasteiger partial charge in [-0.1, -0.05) is 56.1 Å². The van der Waals surface area contributed by atoms with Crippen LogP contribution in [0.3, 0.4) is 0 Å². The van der Waals surface area contributed by atoms with Crippen molar-refractivity contribution in [3.8, 4) is 5.75 Å². The van der Waals surface area contributed by atoms with E-state index in [0.29, 0.717) is 6.42 Å². The van der Waals surface area contributed by atoms with Gasteiger partial charge in [-0.25, -0.2) is 0 Å². The zero-order valence-electron chi connectivity index (χ0n) is 13.5. The number of carbonyl (C=O) groups excluding carboxylic acids is 1. The molecule has 25 heavy (non-hydrogen) atoms. The normalized spacial score (nSPS) is 16.4. The molecule has 1 heterocycles. The molecule has 0 fully saturated rings. The first-order valence-electron chi connectivity index (χ1n) is 7.93. The SMILES string of the molecule is COc1ccc(Br)cc1[C@H]1CC(=O)Nc2c1cc(Br)c1ccccc21. The molecular weight excluding hydrogens is 446 g/mol. The highest BCUT2D eigenvalue weighted by Crippen LogP contribution is 2.46. The monoisotopic (exact) mass is 459 g/mol. The Morgan fingerprint density at radius 1 is 1.04 bits per heavy atom. The van der Waals surface area contributed by atoms with Crippen LogP contribution < -0.4 is 10.1 Å². The lowest BCUT2D eigenvalue weighted by atomic mass is 9.83. The largest absolute Gasteiger partial charge is 0.496 e. The van der Waals surface area contributed by atoms with Crippen LogP contribution in [0.2, 0.25) is 0 Å². The third kappa shape index (κ3) is 2.85. The molecule has 0 saturated heterocycles. The van der Waals surface area contributed by atoms with Crippen molar-refractivity contribution in [2.75, 3.05) is 12.4 Å². The van der Waals surface area contributed by atoms with E-state index >= 15 is 0 Å². The number of nitrogens with one attached hydrogen (secondary N) is 1. The van der Waals surface area contributed by atoms with E-state index in [9.17, 15) is 4.79 Å². The van der Waals surface area contributed by atoms with Crippen molar-refractivity contribution >= 4 is 54.2 Å². The average molecular weight is 461 g/mol.